The number of nitrogens with zero attached hydrogens (tertiary/aromatic N) is 1. The van der Waals surface area contributed by atoms with Crippen LogP contribution in [0.4, 0.5) is 10.1 Å². The molecule has 2 N–H and O–H groups in total. The van der Waals surface area contributed by atoms with Gasteiger partial charge in [-0.05, 0) is 29.8 Å². The minimum Gasteiger partial charge on any atom is -0.379 e. The quantitative estimate of drug-likeness (QED) is 0.754. The van der Waals surface area contributed by atoms with Crippen LogP contribution in [0.5, 0.6) is 0 Å². The van der Waals surface area contributed by atoms with Crippen LogP contribution in [0, 0.1) is 5.82 Å². The van der Waals surface area contributed by atoms with Crippen molar-refractivity contribution in [3.8, 4) is 0 Å². The van der Waals surface area contributed by atoms with Gasteiger partial charge < -0.3 is 15.4 Å². The van der Waals surface area contributed by atoms with Crippen molar-refractivity contribution in [2.24, 2.45) is 0 Å². The maximum absolute atomic E-state index is 14.2. The number of benzene rings is 2. The lowest BCUT2D eigenvalue weighted by molar-refractivity contribution is -0.114. The van der Waals surface area contributed by atoms with Crippen molar-refractivity contribution in [1.82, 2.24) is 10.2 Å². The van der Waals surface area contributed by atoms with Crippen molar-refractivity contribution >= 4 is 29.1 Å². The van der Waals surface area contributed by atoms with Gasteiger partial charge in [-0.15, -0.1) is 0 Å². The van der Waals surface area contributed by atoms with Crippen LogP contribution in [0.15, 0.2) is 42.5 Å². The van der Waals surface area contributed by atoms with Crippen LogP contribution in [0.1, 0.15) is 28.9 Å². The van der Waals surface area contributed by atoms with Crippen molar-refractivity contribution in [2.75, 3.05) is 38.2 Å². The molecule has 1 aliphatic rings. The molecule has 1 heterocycles. The molecule has 29 heavy (non-hydrogen) atoms. The molecule has 0 spiro atoms. The number of morpholine rings is 1. The van der Waals surface area contributed by atoms with Gasteiger partial charge in [0.2, 0.25) is 5.91 Å². The topological polar surface area (TPSA) is 70.7 Å². The average molecular weight is 420 g/mol. The van der Waals surface area contributed by atoms with Crippen molar-refractivity contribution in [2.45, 2.75) is 13.0 Å². The van der Waals surface area contributed by atoms with E-state index in [4.69, 9.17) is 16.3 Å². The first-order valence-electron chi connectivity index (χ1n) is 9.37. The lowest BCUT2D eigenvalue weighted by Crippen LogP contribution is -2.44. The summed E-state index contributed by atoms with van der Waals surface area (Å²) in [5.74, 6) is -1.51. The fraction of sp³-hybridized carbons (Fsp3) is 0.333. The summed E-state index contributed by atoms with van der Waals surface area (Å²) in [7, 11) is 0. The van der Waals surface area contributed by atoms with Crippen LogP contribution in [0.25, 0.3) is 0 Å². The van der Waals surface area contributed by atoms with Gasteiger partial charge in [0.05, 0.1) is 24.8 Å². The van der Waals surface area contributed by atoms with Crippen LogP contribution >= 0.6 is 11.6 Å². The molecular formula is C21H23ClFN3O3. The largest absolute Gasteiger partial charge is 0.379 e. The molecule has 2 aromatic rings. The summed E-state index contributed by atoms with van der Waals surface area (Å²) in [5.41, 5.74) is 1.12. The van der Waals surface area contributed by atoms with Crippen molar-refractivity contribution < 1.29 is 18.7 Å². The highest BCUT2D eigenvalue weighted by atomic mass is 35.5. The zero-order valence-electron chi connectivity index (χ0n) is 16.1. The van der Waals surface area contributed by atoms with Gasteiger partial charge in [-0.1, -0.05) is 29.8 Å². The van der Waals surface area contributed by atoms with E-state index in [1.54, 1.807) is 0 Å². The molecule has 0 bridgehead atoms. The highest BCUT2D eigenvalue weighted by Crippen LogP contribution is 2.28. The first-order chi connectivity index (χ1) is 14.0. The van der Waals surface area contributed by atoms with Crippen LogP contribution in [-0.2, 0) is 9.53 Å². The maximum Gasteiger partial charge on any atom is 0.254 e. The molecule has 0 aromatic heterocycles. The van der Waals surface area contributed by atoms with E-state index in [1.807, 2.05) is 24.3 Å². The number of ether oxygens (including phenoxy) is 1. The number of carbonyl (C=O) groups excluding carboxylic acids is 2. The summed E-state index contributed by atoms with van der Waals surface area (Å²) in [6, 6.07) is 11.2. The maximum atomic E-state index is 14.2. The predicted octanol–water partition coefficient (Wildman–Crippen LogP) is 3.24. The van der Waals surface area contributed by atoms with Crippen LogP contribution in [0.2, 0.25) is 5.02 Å². The van der Waals surface area contributed by atoms with E-state index in [0.717, 1.165) is 11.6 Å². The molecule has 0 saturated carbocycles. The third-order valence-corrected chi connectivity index (χ3v) is 5.08. The van der Waals surface area contributed by atoms with Gasteiger partial charge in [0, 0.05) is 37.3 Å². The van der Waals surface area contributed by atoms with Gasteiger partial charge in [-0.25, -0.2) is 4.39 Å². The molecule has 154 valence electrons. The second kappa shape index (κ2) is 9.82. The molecule has 0 radical (unpaired) electrons. The molecule has 1 aliphatic heterocycles. The van der Waals surface area contributed by atoms with Crippen molar-refractivity contribution in [1.29, 1.82) is 0 Å². The molecule has 1 fully saturated rings. The third kappa shape index (κ3) is 5.53. The zero-order chi connectivity index (χ0) is 20.8. The molecule has 1 unspecified atom stereocenters. The van der Waals surface area contributed by atoms with Gasteiger partial charge in [0.25, 0.3) is 5.91 Å². The Balaban J connectivity index is 1.78. The summed E-state index contributed by atoms with van der Waals surface area (Å²) < 4.78 is 19.6. The van der Waals surface area contributed by atoms with E-state index in [2.05, 4.69) is 15.5 Å². The summed E-state index contributed by atoms with van der Waals surface area (Å²) in [6.07, 6.45) is 0. The van der Waals surface area contributed by atoms with Gasteiger partial charge in [0.15, 0.2) is 0 Å². The van der Waals surface area contributed by atoms with Crippen LogP contribution < -0.4 is 10.6 Å². The molecule has 6 nitrogen and oxygen atoms in total. The summed E-state index contributed by atoms with van der Waals surface area (Å²) in [4.78, 5) is 26.1. The van der Waals surface area contributed by atoms with E-state index in [-0.39, 0.29) is 24.1 Å². The van der Waals surface area contributed by atoms with Gasteiger partial charge in [-0.3, -0.25) is 14.5 Å². The first kappa shape index (κ1) is 21.2. The lowest BCUT2D eigenvalue weighted by atomic mass is 10.0. The SMILES string of the molecule is CC(=O)Nc1ccc(F)c(C(=O)NCC(c2ccccc2Cl)N2CCOCC2)c1. The Morgan fingerprint density at radius 1 is 1.21 bits per heavy atom. The summed E-state index contributed by atoms with van der Waals surface area (Å²) in [5, 5.41) is 5.97. The normalized spacial score (nSPS) is 15.6. The lowest BCUT2D eigenvalue weighted by Gasteiger charge is -2.35. The third-order valence-electron chi connectivity index (χ3n) is 4.74. The molecule has 2 amide bonds. The Labute approximate surface area is 174 Å². The minimum atomic E-state index is -0.655. The number of hydrogen-bond acceptors (Lipinski definition) is 4. The fourth-order valence-electron chi connectivity index (χ4n) is 3.34. The Bertz CT molecular complexity index is 887. The van der Waals surface area contributed by atoms with Gasteiger partial charge >= 0.3 is 0 Å². The Hall–Kier alpha value is -2.48. The molecule has 8 heteroatoms. The van der Waals surface area contributed by atoms with E-state index in [0.29, 0.717) is 37.0 Å². The molecule has 2 aromatic carbocycles. The molecule has 3 rings (SSSR count). The zero-order valence-corrected chi connectivity index (χ0v) is 16.8. The fourth-order valence-corrected chi connectivity index (χ4v) is 3.60. The summed E-state index contributed by atoms with van der Waals surface area (Å²) in [6.45, 7) is 4.22. The van der Waals surface area contributed by atoms with Crippen molar-refractivity contribution in [3.63, 3.8) is 0 Å². The van der Waals surface area contributed by atoms with Crippen LogP contribution in [-0.4, -0.2) is 49.6 Å². The number of nitrogens with one attached hydrogen (secondary N) is 2. The average Bonchev–Trinajstić information content (AvgIpc) is 2.71. The number of carbonyl (C=O) groups is 2. The Morgan fingerprint density at radius 2 is 1.93 bits per heavy atom. The number of amides is 2. The molecule has 1 saturated heterocycles. The van der Waals surface area contributed by atoms with E-state index in [9.17, 15) is 14.0 Å². The van der Waals surface area contributed by atoms with E-state index < -0.39 is 11.7 Å². The minimum absolute atomic E-state index is 0.129. The second-order valence-corrected chi connectivity index (χ2v) is 7.18. The van der Waals surface area contributed by atoms with Gasteiger partial charge in [-0.2, -0.15) is 0 Å². The number of halogens is 2. The molecular weight excluding hydrogens is 397 g/mol. The Kier molecular flexibility index (Phi) is 7.19. The number of anilines is 1. The van der Waals surface area contributed by atoms with Crippen LogP contribution in [0.3, 0.4) is 0 Å². The van der Waals surface area contributed by atoms with Gasteiger partial charge in [0.1, 0.15) is 5.82 Å². The smallest absolute Gasteiger partial charge is 0.254 e. The second-order valence-electron chi connectivity index (χ2n) is 6.77. The van der Waals surface area contributed by atoms with E-state index >= 15 is 0 Å². The number of hydrogen-bond donors (Lipinski definition) is 2. The molecule has 0 aliphatic carbocycles. The standard InChI is InChI=1S/C21H23ClFN3O3/c1-14(27)25-15-6-7-19(23)17(12-15)21(28)24-13-20(26-8-10-29-11-9-26)16-4-2-3-5-18(16)22/h2-7,12,20H,8-11,13H2,1H3,(H,24,28)(H,25,27). The van der Waals surface area contributed by atoms with Crippen molar-refractivity contribution in [3.05, 3.63) is 64.4 Å². The highest BCUT2D eigenvalue weighted by Gasteiger charge is 2.25. The predicted molar refractivity (Wildman–Crippen MR) is 110 cm³/mol. The van der Waals surface area contributed by atoms with E-state index in [1.165, 1.54) is 19.1 Å². The Morgan fingerprint density at radius 3 is 2.62 bits per heavy atom. The highest BCUT2D eigenvalue weighted by molar-refractivity contribution is 6.31. The molecule has 1 atom stereocenters. The monoisotopic (exact) mass is 419 g/mol. The first-order valence-corrected chi connectivity index (χ1v) is 9.75. The number of rotatable bonds is 6. The summed E-state index contributed by atoms with van der Waals surface area (Å²) >= 11 is 6.39.